The molecule has 1 amide bonds. The number of sulfonamides is 1. The lowest BCUT2D eigenvalue weighted by Gasteiger charge is -2.13. The van der Waals surface area contributed by atoms with Gasteiger partial charge in [0.25, 0.3) is 5.91 Å². The zero-order chi connectivity index (χ0) is 14.6. The molecular weight excluding hydrogens is 264 g/mol. The Bertz CT molecular complexity index is 567. The Hall–Kier alpha value is -1.56. The van der Waals surface area contributed by atoms with Gasteiger partial charge in [0.15, 0.2) is 0 Å². The summed E-state index contributed by atoms with van der Waals surface area (Å²) < 4.78 is 24.9. The van der Waals surface area contributed by atoms with E-state index >= 15 is 0 Å². The molecule has 19 heavy (non-hydrogen) atoms. The topological polar surface area (TPSA) is 75.3 Å². The van der Waals surface area contributed by atoms with Gasteiger partial charge in [-0.3, -0.25) is 9.52 Å². The van der Waals surface area contributed by atoms with Crippen LogP contribution in [0.1, 0.15) is 36.2 Å². The van der Waals surface area contributed by atoms with Gasteiger partial charge in [-0.05, 0) is 38.0 Å². The smallest absolute Gasteiger partial charge is 0.251 e. The van der Waals surface area contributed by atoms with E-state index in [1.807, 2.05) is 13.8 Å². The number of benzene rings is 1. The van der Waals surface area contributed by atoms with Crippen LogP contribution in [0.25, 0.3) is 0 Å². The molecule has 0 saturated carbocycles. The minimum atomic E-state index is -3.35. The van der Waals surface area contributed by atoms with Crippen molar-refractivity contribution in [2.75, 3.05) is 11.0 Å². The van der Waals surface area contributed by atoms with Crippen LogP contribution in [0, 0.1) is 6.92 Å². The number of aryl methyl sites for hydroxylation is 1. The zero-order valence-corrected chi connectivity index (χ0v) is 12.5. The second-order valence-electron chi connectivity index (χ2n) is 4.69. The second-order valence-corrected chi connectivity index (χ2v) is 6.44. The molecule has 1 rings (SSSR count). The van der Waals surface area contributed by atoms with Gasteiger partial charge in [0, 0.05) is 11.6 Å². The number of anilines is 1. The maximum Gasteiger partial charge on any atom is 0.251 e. The third-order valence-corrected chi connectivity index (χ3v) is 3.38. The number of carbonyl (C=O) groups is 1. The van der Waals surface area contributed by atoms with Crippen LogP contribution in [-0.2, 0) is 10.0 Å². The van der Waals surface area contributed by atoms with Crippen molar-refractivity contribution in [2.45, 2.75) is 33.2 Å². The molecular formula is C13H20N2O3S. The van der Waals surface area contributed by atoms with Crippen LogP contribution in [0.3, 0.4) is 0 Å². The molecule has 1 aromatic rings. The van der Waals surface area contributed by atoms with Gasteiger partial charge in [0.1, 0.15) is 0 Å². The standard InChI is InChI=1S/C13H20N2O3S/c1-5-10(3)14-13(16)11-7-6-9(2)12(8-11)15-19(4,17)18/h6-8,10,15H,5H2,1-4H3,(H,14,16)/t10-/m0/s1. The zero-order valence-electron chi connectivity index (χ0n) is 11.6. The molecule has 0 aliphatic rings. The molecule has 0 unspecified atom stereocenters. The number of nitrogens with one attached hydrogen (secondary N) is 2. The Kier molecular flexibility index (Phi) is 4.94. The van der Waals surface area contributed by atoms with Gasteiger partial charge >= 0.3 is 0 Å². The third-order valence-electron chi connectivity index (χ3n) is 2.78. The van der Waals surface area contributed by atoms with Gasteiger partial charge in [-0.2, -0.15) is 0 Å². The number of hydrogen-bond acceptors (Lipinski definition) is 3. The first-order valence-electron chi connectivity index (χ1n) is 6.12. The number of amides is 1. The highest BCUT2D eigenvalue weighted by atomic mass is 32.2. The van der Waals surface area contributed by atoms with Crippen LogP contribution < -0.4 is 10.0 Å². The first-order valence-corrected chi connectivity index (χ1v) is 8.01. The number of carbonyl (C=O) groups excluding carboxylic acids is 1. The fraction of sp³-hybridized carbons (Fsp3) is 0.462. The first-order chi connectivity index (χ1) is 8.73. The normalized spacial score (nSPS) is 12.8. The summed E-state index contributed by atoms with van der Waals surface area (Å²) in [6, 6.07) is 5.04. The van der Waals surface area contributed by atoms with Crippen molar-refractivity contribution in [1.82, 2.24) is 5.32 Å². The summed E-state index contributed by atoms with van der Waals surface area (Å²) in [6.45, 7) is 5.68. The highest BCUT2D eigenvalue weighted by Crippen LogP contribution is 2.18. The molecule has 1 atom stereocenters. The van der Waals surface area contributed by atoms with Crippen LogP contribution in [-0.4, -0.2) is 26.6 Å². The van der Waals surface area contributed by atoms with Gasteiger partial charge in [-0.1, -0.05) is 13.0 Å². The van der Waals surface area contributed by atoms with Crippen LogP contribution in [0.5, 0.6) is 0 Å². The van der Waals surface area contributed by atoms with Gasteiger partial charge in [0.2, 0.25) is 10.0 Å². The van der Waals surface area contributed by atoms with Crippen molar-refractivity contribution in [3.8, 4) is 0 Å². The first kappa shape index (κ1) is 15.5. The second kappa shape index (κ2) is 6.06. The lowest BCUT2D eigenvalue weighted by molar-refractivity contribution is 0.0939. The highest BCUT2D eigenvalue weighted by Gasteiger charge is 2.12. The largest absolute Gasteiger partial charge is 0.350 e. The average molecular weight is 284 g/mol. The van der Waals surface area contributed by atoms with E-state index in [0.29, 0.717) is 11.3 Å². The van der Waals surface area contributed by atoms with Crippen LogP contribution in [0.15, 0.2) is 18.2 Å². The summed E-state index contributed by atoms with van der Waals surface area (Å²) >= 11 is 0. The van der Waals surface area contributed by atoms with E-state index in [1.54, 1.807) is 25.1 Å². The summed E-state index contributed by atoms with van der Waals surface area (Å²) in [5.41, 5.74) is 1.64. The van der Waals surface area contributed by atoms with Gasteiger partial charge in [-0.15, -0.1) is 0 Å². The van der Waals surface area contributed by atoms with Gasteiger partial charge in [0.05, 0.1) is 11.9 Å². The molecule has 1 aromatic carbocycles. The molecule has 0 saturated heterocycles. The van der Waals surface area contributed by atoms with Crippen molar-refractivity contribution in [1.29, 1.82) is 0 Å². The molecule has 5 nitrogen and oxygen atoms in total. The molecule has 106 valence electrons. The van der Waals surface area contributed by atoms with E-state index in [9.17, 15) is 13.2 Å². The Labute approximate surface area is 114 Å². The molecule has 0 heterocycles. The summed E-state index contributed by atoms with van der Waals surface area (Å²) in [4.78, 5) is 12.0. The molecule has 0 fully saturated rings. The molecule has 0 spiro atoms. The third kappa shape index (κ3) is 4.90. The van der Waals surface area contributed by atoms with Crippen molar-refractivity contribution in [3.63, 3.8) is 0 Å². The van der Waals surface area contributed by atoms with Crippen molar-refractivity contribution >= 4 is 21.6 Å². The molecule has 0 bridgehead atoms. The minimum Gasteiger partial charge on any atom is -0.350 e. The predicted molar refractivity (Wildman–Crippen MR) is 76.9 cm³/mol. The van der Waals surface area contributed by atoms with E-state index < -0.39 is 10.0 Å². The lowest BCUT2D eigenvalue weighted by atomic mass is 10.1. The van der Waals surface area contributed by atoms with Gasteiger partial charge in [-0.25, -0.2) is 8.42 Å². The Morgan fingerprint density at radius 3 is 2.53 bits per heavy atom. The fourth-order valence-electron chi connectivity index (χ4n) is 1.48. The van der Waals surface area contributed by atoms with Gasteiger partial charge < -0.3 is 5.32 Å². The van der Waals surface area contributed by atoms with Crippen molar-refractivity contribution in [2.24, 2.45) is 0 Å². The van der Waals surface area contributed by atoms with E-state index in [-0.39, 0.29) is 11.9 Å². The maximum atomic E-state index is 12.0. The molecule has 6 heteroatoms. The quantitative estimate of drug-likeness (QED) is 0.867. The number of hydrogen-bond donors (Lipinski definition) is 2. The van der Waals surface area contributed by atoms with E-state index in [4.69, 9.17) is 0 Å². The average Bonchev–Trinajstić information content (AvgIpc) is 2.29. The SMILES string of the molecule is CC[C@H](C)NC(=O)c1ccc(C)c(NS(C)(=O)=O)c1. The number of rotatable bonds is 5. The van der Waals surface area contributed by atoms with Crippen LogP contribution in [0.4, 0.5) is 5.69 Å². The predicted octanol–water partition coefficient (Wildman–Crippen LogP) is 1.89. The molecule has 0 aliphatic carbocycles. The van der Waals surface area contributed by atoms with Crippen molar-refractivity contribution < 1.29 is 13.2 Å². The highest BCUT2D eigenvalue weighted by molar-refractivity contribution is 7.92. The molecule has 0 aliphatic heterocycles. The summed E-state index contributed by atoms with van der Waals surface area (Å²) in [5.74, 6) is -0.203. The summed E-state index contributed by atoms with van der Waals surface area (Å²) in [6.07, 6.45) is 1.92. The molecule has 0 radical (unpaired) electrons. The Morgan fingerprint density at radius 2 is 2.00 bits per heavy atom. The van der Waals surface area contributed by atoms with E-state index in [0.717, 1.165) is 18.2 Å². The monoisotopic (exact) mass is 284 g/mol. The minimum absolute atomic E-state index is 0.0834. The summed E-state index contributed by atoms with van der Waals surface area (Å²) in [5, 5.41) is 2.84. The van der Waals surface area contributed by atoms with E-state index in [2.05, 4.69) is 10.0 Å². The Balaban J connectivity index is 2.99. The Morgan fingerprint density at radius 1 is 1.37 bits per heavy atom. The van der Waals surface area contributed by atoms with E-state index in [1.165, 1.54) is 0 Å². The van der Waals surface area contributed by atoms with Crippen LogP contribution in [0.2, 0.25) is 0 Å². The van der Waals surface area contributed by atoms with Crippen LogP contribution >= 0.6 is 0 Å². The van der Waals surface area contributed by atoms with Crippen molar-refractivity contribution in [3.05, 3.63) is 29.3 Å². The molecule has 0 aromatic heterocycles. The fourth-order valence-corrected chi connectivity index (χ4v) is 2.10. The molecule has 2 N–H and O–H groups in total. The maximum absolute atomic E-state index is 12.0. The summed E-state index contributed by atoms with van der Waals surface area (Å²) in [7, 11) is -3.35. The lowest BCUT2D eigenvalue weighted by Crippen LogP contribution is -2.32.